The number of sulfonamides is 1. The molecule has 0 unspecified atom stereocenters. The van der Waals surface area contributed by atoms with Crippen LogP contribution in [0.4, 0.5) is 0 Å². The van der Waals surface area contributed by atoms with Crippen molar-refractivity contribution in [3.05, 3.63) is 29.3 Å². The molecule has 1 saturated heterocycles. The van der Waals surface area contributed by atoms with E-state index in [2.05, 4.69) is 5.32 Å². The van der Waals surface area contributed by atoms with Gasteiger partial charge in [0.25, 0.3) is 5.91 Å². The summed E-state index contributed by atoms with van der Waals surface area (Å²) < 4.78 is 26.9. The predicted octanol–water partition coefficient (Wildman–Crippen LogP) is 1.85. The fourth-order valence-corrected chi connectivity index (χ4v) is 5.60. The summed E-state index contributed by atoms with van der Waals surface area (Å²) >= 11 is 5.85. The van der Waals surface area contributed by atoms with Gasteiger partial charge in [-0.1, -0.05) is 30.9 Å². The van der Waals surface area contributed by atoms with Gasteiger partial charge < -0.3 is 10.2 Å². The van der Waals surface area contributed by atoms with Crippen LogP contribution in [0.25, 0.3) is 0 Å². The highest BCUT2D eigenvalue weighted by molar-refractivity contribution is 7.89. The van der Waals surface area contributed by atoms with Crippen molar-refractivity contribution < 1.29 is 18.5 Å². The molecule has 1 aromatic carbocycles. The highest BCUT2D eigenvalue weighted by Crippen LogP contribution is 2.20. The molecule has 0 radical (unpaired) electrons. The van der Waals surface area contributed by atoms with Crippen molar-refractivity contribution in [2.75, 3.05) is 32.7 Å². The molecule has 3 rings (SSSR count). The van der Waals surface area contributed by atoms with Gasteiger partial charge in [0.15, 0.2) is 6.54 Å². The second-order valence-electron chi connectivity index (χ2n) is 7.78. The molecule has 8 heteroatoms. The lowest BCUT2D eigenvalue weighted by atomic mass is 9.97. The average Bonchev–Trinajstić information content (AvgIpc) is 2.67. The van der Waals surface area contributed by atoms with Crippen molar-refractivity contribution in [3.63, 3.8) is 0 Å². The summed E-state index contributed by atoms with van der Waals surface area (Å²) in [7, 11) is -3.54. The van der Waals surface area contributed by atoms with Gasteiger partial charge in [0.05, 0.1) is 10.9 Å². The fraction of sp³-hybridized carbons (Fsp3) is 0.650. The first-order valence-corrected chi connectivity index (χ1v) is 12.2. The molecular formula is C20H31ClN3O3S+. The first-order chi connectivity index (χ1) is 13.5. The van der Waals surface area contributed by atoms with E-state index in [1.807, 2.05) is 0 Å². The summed E-state index contributed by atoms with van der Waals surface area (Å²) in [6, 6.07) is 6.77. The summed E-state index contributed by atoms with van der Waals surface area (Å²) in [6.07, 6.45) is 8.87. The van der Waals surface area contributed by atoms with Crippen LogP contribution in [0.15, 0.2) is 29.2 Å². The van der Waals surface area contributed by atoms with Crippen molar-refractivity contribution in [1.82, 2.24) is 9.21 Å². The Labute approximate surface area is 173 Å². The smallest absolute Gasteiger partial charge is 0.277 e. The van der Waals surface area contributed by atoms with Crippen LogP contribution in [0.3, 0.4) is 0 Å². The van der Waals surface area contributed by atoms with Gasteiger partial charge in [-0.15, -0.1) is 0 Å². The Balaban J connectivity index is 1.47. The van der Waals surface area contributed by atoms with Gasteiger partial charge >= 0.3 is 0 Å². The molecule has 2 fully saturated rings. The van der Waals surface area contributed by atoms with E-state index in [1.165, 1.54) is 61.4 Å². The highest BCUT2D eigenvalue weighted by atomic mass is 35.5. The Morgan fingerprint density at radius 1 is 0.964 bits per heavy atom. The molecule has 1 aliphatic carbocycles. The van der Waals surface area contributed by atoms with E-state index in [9.17, 15) is 13.2 Å². The van der Waals surface area contributed by atoms with Crippen LogP contribution in [-0.2, 0) is 14.8 Å². The van der Waals surface area contributed by atoms with Crippen molar-refractivity contribution in [2.24, 2.45) is 0 Å². The summed E-state index contributed by atoms with van der Waals surface area (Å²) in [5.74, 6) is 0.116. The van der Waals surface area contributed by atoms with Gasteiger partial charge in [-0.05, 0) is 49.9 Å². The largest absolute Gasteiger partial charge is 0.336 e. The van der Waals surface area contributed by atoms with E-state index < -0.39 is 10.0 Å². The second kappa shape index (κ2) is 10.1. The van der Waals surface area contributed by atoms with E-state index in [1.54, 1.807) is 17.0 Å². The lowest BCUT2D eigenvalue weighted by molar-refractivity contribution is -0.681. The molecule has 28 heavy (non-hydrogen) atoms. The van der Waals surface area contributed by atoms with Gasteiger partial charge in [-0.25, -0.2) is 8.42 Å². The lowest BCUT2D eigenvalue weighted by Gasteiger charge is -2.34. The number of hydrogen-bond acceptors (Lipinski definition) is 3. The van der Waals surface area contributed by atoms with Crippen LogP contribution >= 0.6 is 11.6 Å². The highest BCUT2D eigenvalue weighted by Gasteiger charge is 2.30. The van der Waals surface area contributed by atoms with Crippen LogP contribution in [0.1, 0.15) is 44.9 Å². The maximum atomic E-state index is 12.7. The third-order valence-electron chi connectivity index (χ3n) is 5.82. The van der Waals surface area contributed by atoms with E-state index in [-0.39, 0.29) is 10.8 Å². The summed E-state index contributed by atoms with van der Waals surface area (Å²) in [4.78, 5) is 14.6. The number of benzene rings is 1. The zero-order chi connectivity index (χ0) is 20.0. The van der Waals surface area contributed by atoms with E-state index in [0.29, 0.717) is 43.8 Å². The van der Waals surface area contributed by atoms with E-state index >= 15 is 0 Å². The van der Waals surface area contributed by atoms with Gasteiger partial charge in [-0.2, -0.15) is 4.31 Å². The molecule has 0 spiro atoms. The fourth-order valence-electron chi connectivity index (χ4n) is 4.05. The van der Waals surface area contributed by atoms with Gasteiger partial charge in [-0.3, -0.25) is 4.79 Å². The Morgan fingerprint density at radius 2 is 1.54 bits per heavy atom. The third kappa shape index (κ3) is 5.69. The first-order valence-electron chi connectivity index (χ1n) is 10.3. The number of hydrogen-bond donors (Lipinski definition) is 1. The molecule has 156 valence electrons. The Hall–Kier alpha value is -1.15. The molecule has 1 heterocycles. The standard InChI is InChI=1S/C20H30ClN3O3S/c21-17-8-10-19(11-9-17)28(26,27)24-14-12-23(13-15-24)20(25)16-22-18-6-4-2-1-3-5-7-18/h8-11,18,22H,1-7,12-16H2/p+1. The minimum atomic E-state index is -3.54. The van der Waals surface area contributed by atoms with Crippen molar-refractivity contribution >= 4 is 27.5 Å². The van der Waals surface area contributed by atoms with Crippen LogP contribution < -0.4 is 5.32 Å². The minimum absolute atomic E-state index is 0.116. The van der Waals surface area contributed by atoms with Crippen molar-refractivity contribution in [3.8, 4) is 0 Å². The number of halogens is 1. The molecule has 1 aromatic rings. The number of piperazine rings is 1. The molecule has 0 aromatic heterocycles. The zero-order valence-corrected chi connectivity index (χ0v) is 17.9. The minimum Gasteiger partial charge on any atom is -0.336 e. The van der Waals surface area contributed by atoms with Crippen molar-refractivity contribution in [1.29, 1.82) is 0 Å². The quantitative estimate of drug-likeness (QED) is 0.777. The summed E-state index contributed by atoms with van der Waals surface area (Å²) in [5, 5.41) is 2.71. The van der Waals surface area contributed by atoms with Crippen LogP contribution in [-0.4, -0.2) is 62.3 Å². The molecule has 0 atom stereocenters. The van der Waals surface area contributed by atoms with Crippen molar-refractivity contribution in [2.45, 2.75) is 55.9 Å². The van der Waals surface area contributed by atoms with Gasteiger partial charge in [0.2, 0.25) is 10.0 Å². The number of carbonyl (C=O) groups excluding carboxylic acids is 1. The second-order valence-corrected chi connectivity index (χ2v) is 10.2. The number of nitrogens with zero attached hydrogens (tertiary/aromatic N) is 2. The number of quaternary nitrogens is 1. The number of nitrogens with two attached hydrogens (primary N) is 1. The molecule has 2 aliphatic rings. The molecule has 6 nitrogen and oxygen atoms in total. The third-order valence-corrected chi connectivity index (χ3v) is 7.98. The molecule has 1 saturated carbocycles. The van der Waals surface area contributed by atoms with Gasteiger partial charge in [0.1, 0.15) is 0 Å². The molecule has 2 N–H and O–H groups in total. The monoisotopic (exact) mass is 428 g/mol. The Bertz CT molecular complexity index is 738. The Kier molecular flexibility index (Phi) is 7.74. The lowest BCUT2D eigenvalue weighted by Crippen LogP contribution is -2.92. The number of rotatable bonds is 5. The molecule has 1 aliphatic heterocycles. The topological polar surface area (TPSA) is 74.3 Å². The van der Waals surface area contributed by atoms with Gasteiger partial charge in [0, 0.05) is 31.2 Å². The zero-order valence-electron chi connectivity index (χ0n) is 16.4. The van der Waals surface area contributed by atoms with E-state index in [4.69, 9.17) is 11.6 Å². The first kappa shape index (κ1) is 21.6. The maximum absolute atomic E-state index is 12.7. The number of carbonyl (C=O) groups is 1. The maximum Gasteiger partial charge on any atom is 0.277 e. The normalized spacial score (nSPS) is 20.5. The summed E-state index contributed by atoms with van der Waals surface area (Å²) in [6.45, 7) is 2.03. The summed E-state index contributed by atoms with van der Waals surface area (Å²) in [5.41, 5.74) is 0. The van der Waals surface area contributed by atoms with Crippen LogP contribution in [0.2, 0.25) is 5.02 Å². The number of amides is 1. The average molecular weight is 429 g/mol. The van der Waals surface area contributed by atoms with E-state index in [0.717, 1.165) is 0 Å². The predicted molar refractivity (Wildman–Crippen MR) is 110 cm³/mol. The molecule has 1 amide bonds. The van der Waals surface area contributed by atoms with Crippen LogP contribution in [0.5, 0.6) is 0 Å². The molecule has 0 bridgehead atoms. The Morgan fingerprint density at radius 3 is 2.14 bits per heavy atom. The van der Waals surface area contributed by atoms with Crippen LogP contribution in [0, 0.1) is 0 Å². The SMILES string of the molecule is O=C(C[NH2+]C1CCCCCCC1)N1CCN(S(=O)(=O)c2ccc(Cl)cc2)CC1. The molecular weight excluding hydrogens is 398 g/mol.